The van der Waals surface area contributed by atoms with Gasteiger partial charge in [0.25, 0.3) is 0 Å². The van der Waals surface area contributed by atoms with Crippen molar-refractivity contribution >= 4 is 43.6 Å². The van der Waals surface area contributed by atoms with E-state index >= 15 is 0 Å². The van der Waals surface area contributed by atoms with E-state index in [4.69, 9.17) is 0 Å². The van der Waals surface area contributed by atoms with E-state index in [0.717, 1.165) is 6.42 Å². The minimum atomic E-state index is 1.03. The number of para-hydroxylation sites is 2. The summed E-state index contributed by atoms with van der Waals surface area (Å²) < 4.78 is 2.40. The molecule has 162 valence electrons. The van der Waals surface area contributed by atoms with Gasteiger partial charge in [0.2, 0.25) is 0 Å². The maximum atomic E-state index is 3.59. The van der Waals surface area contributed by atoms with Gasteiger partial charge >= 0.3 is 0 Å². The Balaban J connectivity index is 1.47. The molecule has 0 unspecified atom stereocenters. The monoisotopic (exact) mass is 436 g/mol. The lowest BCUT2D eigenvalue weighted by atomic mass is 10.0. The summed E-state index contributed by atoms with van der Waals surface area (Å²) in [5, 5.41) is 5.13. The van der Waals surface area contributed by atoms with Crippen molar-refractivity contribution in [2.24, 2.45) is 0 Å². The van der Waals surface area contributed by atoms with E-state index in [1.807, 2.05) is 0 Å². The fourth-order valence-corrected chi connectivity index (χ4v) is 5.36. The summed E-state index contributed by atoms with van der Waals surface area (Å²) in [4.78, 5) is 3.59. The largest absolute Gasteiger partial charge is 0.354 e. The number of hydrogen-bond donors (Lipinski definition) is 1. The molecule has 0 fully saturated rings. The van der Waals surface area contributed by atoms with E-state index in [0.29, 0.717) is 0 Å². The van der Waals surface area contributed by atoms with Crippen LogP contribution < -0.4 is 0 Å². The van der Waals surface area contributed by atoms with Crippen molar-refractivity contribution < 1.29 is 0 Å². The number of rotatable bonds is 3. The molecule has 0 radical (unpaired) electrons. The zero-order valence-electron chi connectivity index (χ0n) is 19.0. The number of benzene rings is 5. The highest BCUT2D eigenvalue weighted by Gasteiger charge is 2.14. The van der Waals surface area contributed by atoms with Crippen LogP contribution in [0.4, 0.5) is 0 Å². The molecule has 0 atom stereocenters. The van der Waals surface area contributed by atoms with E-state index in [1.165, 1.54) is 66.0 Å². The number of H-pyrrole nitrogens is 1. The Morgan fingerprint density at radius 3 is 2.18 bits per heavy atom. The van der Waals surface area contributed by atoms with Crippen molar-refractivity contribution in [1.82, 2.24) is 9.55 Å². The molecule has 0 bridgehead atoms. The van der Waals surface area contributed by atoms with Crippen molar-refractivity contribution in [3.8, 4) is 16.8 Å². The average molecular weight is 437 g/mol. The molecule has 7 rings (SSSR count). The summed E-state index contributed by atoms with van der Waals surface area (Å²) in [5.41, 5.74) is 9.89. The van der Waals surface area contributed by atoms with Crippen LogP contribution in [0, 0.1) is 0 Å². The first-order chi connectivity index (χ1) is 16.8. The Kier molecular flexibility index (Phi) is 4.16. The summed E-state index contributed by atoms with van der Waals surface area (Å²) in [6.07, 6.45) is 1.03. The van der Waals surface area contributed by atoms with Gasteiger partial charge in [-0.2, -0.15) is 0 Å². The third kappa shape index (κ3) is 2.82. The fourth-order valence-electron chi connectivity index (χ4n) is 5.36. The van der Waals surface area contributed by atoms with Gasteiger partial charge in [-0.05, 0) is 65.6 Å². The van der Waals surface area contributed by atoms with Crippen molar-refractivity contribution in [1.29, 1.82) is 0 Å². The summed E-state index contributed by atoms with van der Waals surface area (Å²) in [6.45, 7) is 2.22. The van der Waals surface area contributed by atoms with Crippen LogP contribution in [0.25, 0.3) is 60.4 Å². The Bertz CT molecular complexity index is 1830. The van der Waals surface area contributed by atoms with Crippen LogP contribution in [-0.2, 0) is 6.42 Å². The number of nitrogens with one attached hydrogen (secondary N) is 1. The average Bonchev–Trinajstić information content (AvgIpc) is 3.43. The second-order valence-electron chi connectivity index (χ2n) is 9.04. The molecule has 2 aromatic heterocycles. The van der Waals surface area contributed by atoms with Crippen LogP contribution in [0.2, 0.25) is 0 Å². The molecule has 0 saturated carbocycles. The molecule has 0 aliphatic heterocycles. The minimum absolute atomic E-state index is 1.03. The van der Waals surface area contributed by atoms with Gasteiger partial charge in [-0.15, -0.1) is 0 Å². The topological polar surface area (TPSA) is 20.7 Å². The molecule has 0 spiro atoms. The predicted octanol–water partition coefficient (Wildman–Crippen LogP) is 8.65. The summed E-state index contributed by atoms with van der Waals surface area (Å²) in [7, 11) is 0. The number of hydrogen-bond acceptors (Lipinski definition) is 0. The van der Waals surface area contributed by atoms with E-state index in [9.17, 15) is 0 Å². The third-order valence-electron chi connectivity index (χ3n) is 7.09. The Labute approximate surface area is 198 Å². The second-order valence-corrected chi connectivity index (χ2v) is 9.04. The van der Waals surface area contributed by atoms with E-state index < -0.39 is 0 Å². The van der Waals surface area contributed by atoms with Gasteiger partial charge in [0.1, 0.15) is 0 Å². The highest BCUT2D eigenvalue weighted by molar-refractivity contribution is 6.11. The third-order valence-corrected chi connectivity index (χ3v) is 7.09. The van der Waals surface area contributed by atoms with Crippen LogP contribution in [0.5, 0.6) is 0 Å². The number of aromatic amines is 1. The van der Waals surface area contributed by atoms with E-state index in [-0.39, 0.29) is 0 Å². The molecule has 0 saturated heterocycles. The molecule has 0 aliphatic carbocycles. The van der Waals surface area contributed by atoms with E-state index in [1.54, 1.807) is 0 Å². The van der Waals surface area contributed by atoms with Gasteiger partial charge in [0.15, 0.2) is 0 Å². The van der Waals surface area contributed by atoms with Crippen molar-refractivity contribution in [2.45, 2.75) is 13.3 Å². The lowest BCUT2D eigenvalue weighted by Crippen LogP contribution is -1.93. The Morgan fingerprint density at radius 2 is 1.29 bits per heavy atom. The standard InChI is InChI=1S/C32H24N2/c1-2-21-12-15-27-28-19-22(14-17-31(28)34(32(27)18-21)24-8-4-3-5-9-24)23-13-16-26-25-10-6-7-11-29(25)33-30(26)20-23/h3-20,33H,2H2,1H3. The smallest absolute Gasteiger partial charge is 0.0543 e. The maximum Gasteiger partial charge on any atom is 0.0543 e. The maximum absolute atomic E-state index is 3.59. The molecule has 1 N–H and O–H groups in total. The molecule has 2 nitrogen and oxygen atoms in total. The van der Waals surface area contributed by atoms with Crippen LogP contribution in [0.3, 0.4) is 0 Å². The molecule has 0 amide bonds. The number of nitrogens with zero attached hydrogens (tertiary/aromatic N) is 1. The van der Waals surface area contributed by atoms with Gasteiger partial charge in [0, 0.05) is 38.3 Å². The molecular formula is C32H24N2. The van der Waals surface area contributed by atoms with Crippen LogP contribution in [0.15, 0.2) is 109 Å². The number of aryl methyl sites for hydroxylation is 1. The second kappa shape index (κ2) is 7.36. The van der Waals surface area contributed by atoms with Crippen molar-refractivity contribution in [2.75, 3.05) is 0 Å². The first-order valence-electron chi connectivity index (χ1n) is 11.9. The van der Waals surface area contributed by atoms with Gasteiger partial charge < -0.3 is 9.55 Å². The normalized spacial score (nSPS) is 11.8. The molecule has 2 heteroatoms. The fraction of sp³-hybridized carbons (Fsp3) is 0.0625. The SMILES string of the molecule is CCc1ccc2c3cc(-c4ccc5c(c4)[nH]c4ccccc45)ccc3n(-c3ccccc3)c2c1. The van der Waals surface area contributed by atoms with Crippen LogP contribution >= 0.6 is 0 Å². The lowest BCUT2D eigenvalue weighted by Gasteiger charge is -2.09. The summed E-state index contributed by atoms with van der Waals surface area (Å²) in [5.74, 6) is 0. The predicted molar refractivity (Wildman–Crippen MR) is 145 cm³/mol. The highest BCUT2D eigenvalue weighted by atomic mass is 15.0. The quantitative estimate of drug-likeness (QED) is 0.286. The zero-order chi connectivity index (χ0) is 22.6. The van der Waals surface area contributed by atoms with Gasteiger partial charge in [0.05, 0.1) is 11.0 Å². The first kappa shape index (κ1) is 19.2. The number of aromatic nitrogens is 2. The molecule has 5 aromatic carbocycles. The van der Waals surface area contributed by atoms with Crippen LogP contribution in [-0.4, -0.2) is 9.55 Å². The van der Waals surface area contributed by atoms with Crippen molar-refractivity contribution in [3.05, 3.63) is 115 Å². The molecule has 7 aromatic rings. The number of fused-ring (bicyclic) bond motifs is 6. The Hall–Kier alpha value is -4.30. The summed E-state index contributed by atoms with van der Waals surface area (Å²) in [6, 6.07) is 39.7. The molecule has 2 heterocycles. The minimum Gasteiger partial charge on any atom is -0.354 e. The molecule has 34 heavy (non-hydrogen) atoms. The lowest BCUT2D eigenvalue weighted by molar-refractivity contribution is 1.13. The molecular weight excluding hydrogens is 412 g/mol. The Morgan fingerprint density at radius 1 is 0.559 bits per heavy atom. The first-order valence-corrected chi connectivity index (χ1v) is 11.9. The molecule has 0 aliphatic rings. The van der Waals surface area contributed by atoms with Gasteiger partial charge in [-0.25, -0.2) is 0 Å². The zero-order valence-corrected chi connectivity index (χ0v) is 19.0. The summed E-state index contributed by atoms with van der Waals surface area (Å²) >= 11 is 0. The van der Waals surface area contributed by atoms with Gasteiger partial charge in [-0.1, -0.05) is 73.7 Å². The van der Waals surface area contributed by atoms with E-state index in [2.05, 4.69) is 126 Å². The van der Waals surface area contributed by atoms with Crippen molar-refractivity contribution in [3.63, 3.8) is 0 Å². The van der Waals surface area contributed by atoms with Crippen LogP contribution in [0.1, 0.15) is 12.5 Å². The van der Waals surface area contributed by atoms with Gasteiger partial charge in [-0.3, -0.25) is 0 Å². The highest BCUT2D eigenvalue weighted by Crippen LogP contribution is 2.36.